The molecule has 2 rings (SSSR count). The normalized spacial score (nSPS) is 21.6. The zero-order valence-corrected chi connectivity index (χ0v) is 13.4. The molecule has 4 nitrogen and oxygen atoms in total. The zero-order chi connectivity index (χ0) is 15.1. The second-order valence-electron chi connectivity index (χ2n) is 5.03. The van der Waals surface area contributed by atoms with E-state index >= 15 is 0 Å². The number of amides is 1. The molecular weight excluding hydrogens is 321 g/mol. The molecule has 1 aliphatic carbocycles. The summed E-state index contributed by atoms with van der Waals surface area (Å²) >= 11 is 5.92. The Labute approximate surface area is 127 Å². The molecule has 20 heavy (non-hydrogen) atoms. The van der Waals surface area contributed by atoms with Gasteiger partial charge in [-0.05, 0) is 37.0 Å². The maximum absolute atomic E-state index is 12.1. The summed E-state index contributed by atoms with van der Waals surface area (Å²) in [6.45, 7) is 3.71. The Hall–Kier alpha value is -0.780. The molecule has 0 spiro atoms. The lowest BCUT2D eigenvalue weighted by Gasteiger charge is -2.09. The number of carbonyl (C=O) groups is 1. The van der Waals surface area contributed by atoms with Crippen LogP contribution in [-0.2, 0) is 9.05 Å². The Bertz CT molecular complexity index is 658. The molecule has 1 aromatic carbocycles. The average molecular weight is 336 g/mol. The highest BCUT2D eigenvalue weighted by atomic mass is 35.7. The molecule has 2 atom stereocenters. The van der Waals surface area contributed by atoms with Gasteiger partial charge in [0.1, 0.15) is 4.90 Å². The van der Waals surface area contributed by atoms with Crippen LogP contribution in [0.5, 0.6) is 0 Å². The van der Waals surface area contributed by atoms with Gasteiger partial charge in [0.2, 0.25) is 0 Å². The Morgan fingerprint density at radius 2 is 2.10 bits per heavy atom. The molecule has 0 aliphatic heterocycles. The standard InChI is InChI=1S/C13H15Cl2NO3S/c1-3-8-5-10(8)16-13(17)9-4-7(2)12(14)11(6-9)20(15,18)19/h4,6,8,10H,3,5H2,1-2H3,(H,16,17). The van der Waals surface area contributed by atoms with E-state index in [2.05, 4.69) is 12.2 Å². The molecule has 1 fully saturated rings. The fourth-order valence-electron chi connectivity index (χ4n) is 2.17. The minimum Gasteiger partial charge on any atom is -0.349 e. The molecule has 1 saturated carbocycles. The van der Waals surface area contributed by atoms with Crippen molar-refractivity contribution in [1.29, 1.82) is 0 Å². The second-order valence-corrected chi connectivity index (χ2v) is 7.94. The van der Waals surface area contributed by atoms with Gasteiger partial charge in [0.15, 0.2) is 0 Å². The molecule has 1 aromatic rings. The van der Waals surface area contributed by atoms with Gasteiger partial charge in [0, 0.05) is 22.3 Å². The van der Waals surface area contributed by atoms with Crippen LogP contribution in [0.4, 0.5) is 0 Å². The maximum atomic E-state index is 12.1. The van der Waals surface area contributed by atoms with Crippen LogP contribution in [0.25, 0.3) is 0 Å². The van der Waals surface area contributed by atoms with Crippen LogP contribution in [-0.4, -0.2) is 20.4 Å². The molecule has 1 aliphatic rings. The first-order chi connectivity index (χ1) is 9.24. The van der Waals surface area contributed by atoms with Crippen molar-refractivity contribution in [3.63, 3.8) is 0 Å². The lowest BCUT2D eigenvalue weighted by Crippen LogP contribution is -2.27. The molecule has 1 N–H and O–H groups in total. The SMILES string of the molecule is CCC1CC1NC(=O)c1cc(C)c(Cl)c(S(=O)(=O)Cl)c1. The number of benzene rings is 1. The van der Waals surface area contributed by atoms with Crippen molar-refractivity contribution < 1.29 is 13.2 Å². The van der Waals surface area contributed by atoms with E-state index in [1.807, 2.05) is 0 Å². The van der Waals surface area contributed by atoms with Crippen LogP contribution in [0.2, 0.25) is 5.02 Å². The molecule has 110 valence electrons. The number of rotatable bonds is 4. The third kappa shape index (κ3) is 3.27. The van der Waals surface area contributed by atoms with Crippen LogP contribution >= 0.6 is 22.3 Å². The highest BCUT2D eigenvalue weighted by Crippen LogP contribution is 2.34. The third-order valence-electron chi connectivity index (χ3n) is 3.51. The fourth-order valence-corrected chi connectivity index (χ4v) is 3.71. The monoisotopic (exact) mass is 335 g/mol. The topological polar surface area (TPSA) is 63.2 Å². The summed E-state index contributed by atoms with van der Waals surface area (Å²) in [4.78, 5) is 11.9. The lowest BCUT2D eigenvalue weighted by atomic mass is 10.1. The van der Waals surface area contributed by atoms with Crippen molar-refractivity contribution in [3.8, 4) is 0 Å². The van der Waals surface area contributed by atoms with Gasteiger partial charge in [0.05, 0.1) is 5.02 Å². The van der Waals surface area contributed by atoms with E-state index in [4.69, 9.17) is 22.3 Å². The van der Waals surface area contributed by atoms with E-state index in [0.717, 1.165) is 12.8 Å². The first-order valence-corrected chi connectivity index (χ1v) is 8.98. The Morgan fingerprint density at radius 3 is 2.60 bits per heavy atom. The molecule has 0 bridgehead atoms. The van der Waals surface area contributed by atoms with Gasteiger partial charge in [-0.25, -0.2) is 8.42 Å². The first kappa shape index (κ1) is 15.6. The largest absolute Gasteiger partial charge is 0.349 e. The number of halogens is 2. The third-order valence-corrected chi connectivity index (χ3v) is 5.47. The van der Waals surface area contributed by atoms with Gasteiger partial charge in [0.25, 0.3) is 15.0 Å². The number of hydrogen-bond acceptors (Lipinski definition) is 3. The minimum absolute atomic E-state index is 0.0504. The smallest absolute Gasteiger partial charge is 0.262 e. The van der Waals surface area contributed by atoms with Crippen molar-refractivity contribution in [2.75, 3.05) is 0 Å². The predicted octanol–water partition coefficient (Wildman–Crippen LogP) is 3.10. The molecule has 0 heterocycles. The average Bonchev–Trinajstić information content (AvgIpc) is 3.09. The Kier molecular flexibility index (Phi) is 4.33. The maximum Gasteiger partial charge on any atom is 0.262 e. The molecule has 1 amide bonds. The van der Waals surface area contributed by atoms with Crippen LogP contribution in [0.3, 0.4) is 0 Å². The summed E-state index contributed by atoms with van der Waals surface area (Å²) in [5.74, 6) is 0.218. The van der Waals surface area contributed by atoms with E-state index in [-0.39, 0.29) is 27.4 Å². The highest BCUT2D eigenvalue weighted by Gasteiger charge is 2.36. The van der Waals surface area contributed by atoms with Crippen LogP contribution in [0.1, 0.15) is 35.7 Å². The van der Waals surface area contributed by atoms with Gasteiger partial charge < -0.3 is 5.32 Å². The molecule has 2 unspecified atom stereocenters. The van der Waals surface area contributed by atoms with Gasteiger partial charge in [-0.3, -0.25) is 4.79 Å². The number of aryl methyl sites for hydroxylation is 1. The van der Waals surface area contributed by atoms with Crippen molar-refractivity contribution in [2.45, 2.75) is 37.6 Å². The van der Waals surface area contributed by atoms with Gasteiger partial charge in [-0.2, -0.15) is 0 Å². The predicted molar refractivity (Wildman–Crippen MR) is 78.9 cm³/mol. The molecule has 0 radical (unpaired) electrons. The van der Waals surface area contributed by atoms with E-state index in [9.17, 15) is 13.2 Å². The summed E-state index contributed by atoms with van der Waals surface area (Å²) in [7, 11) is 1.35. The van der Waals surface area contributed by atoms with Gasteiger partial charge in [-0.1, -0.05) is 24.9 Å². The van der Waals surface area contributed by atoms with Crippen LogP contribution in [0.15, 0.2) is 17.0 Å². The zero-order valence-electron chi connectivity index (χ0n) is 11.1. The van der Waals surface area contributed by atoms with Crippen molar-refractivity contribution in [1.82, 2.24) is 5.32 Å². The first-order valence-electron chi connectivity index (χ1n) is 6.29. The number of hydrogen-bond donors (Lipinski definition) is 1. The summed E-state index contributed by atoms with van der Waals surface area (Å²) in [6, 6.07) is 2.96. The molecule has 0 aromatic heterocycles. The Balaban J connectivity index is 2.29. The molecule has 7 heteroatoms. The quantitative estimate of drug-likeness (QED) is 0.860. The van der Waals surface area contributed by atoms with Crippen molar-refractivity contribution >= 4 is 37.2 Å². The summed E-state index contributed by atoms with van der Waals surface area (Å²) in [5.41, 5.74) is 0.759. The molecule has 0 saturated heterocycles. The lowest BCUT2D eigenvalue weighted by molar-refractivity contribution is 0.0948. The Morgan fingerprint density at radius 1 is 1.45 bits per heavy atom. The van der Waals surface area contributed by atoms with E-state index in [1.165, 1.54) is 6.07 Å². The van der Waals surface area contributed by atoms with Crippen LogP contribution < -0.4 is 5.32 Å². The minimum atomic E-state index is -3.98. The number of nitrogens with one attached hydrogen (secondary N) is 1. The van der Waals surface area contributed by atoms with E-state index < -0.39 is 9.05 Å². The highest BCUT2D eigenvalue weighted by molar-refractivity contribution is 8.13. The van der Waals surface area contributed by atoms with Gasteiger partial charge in [-0.15, -0.1) is 0 Å². The van der Waals surface area contributed by atoms with Crippen LogP contribution in [0, 0.1) is 12.8 Å². The fraction of sp³-hybridized carbons (Fsp3) is 0.462. The summed E-state index contributed by atoms with van der Waals surface area (Å²) in [5, 5.41) is 2.93. The second kappa shape index (κ2) is 5.54. The number of carbonyl (C=O) groups excluding carboxylic acids is 1. The van der Waals surface area contributed by atoms with Gasteiger partial charge >= 0.3 is 0 Å². The van der Waals surface area contributed by atoms with E-state index in [1.54, 1.807) is 13.0 Å². The summed E-state index contributed by atoms with van der Waals surface area (Å²) in [6.07, 6.45) is 1.99. The van der Waals surface area contributed by atoms with Crippen molar-refractivity contribution in [3.05, 3.63) is 28.3 Å². The van der Waals surface area contributed by atoms with Crippen molar-refractivity contribution in [2.24, 2.45) is 5.92 Å². The van der Waals surface area contributed by atoms with E-state index in [0.29, 0.717) is 11.5 Å². The molecular formula is C13H15Cl2NO3S. The summed E-state index contributed by atoms with van der Waals surface area (Å²) < 4.78 is 22.9.